The van der Waals surface area contributed by atoms with Crippen LogP contribution in [0.25, 0.3) is 10.2 Å². The summed E-state index contributed by atoms with van der Waals surface area (Å²) in [4.78, 5) is 14.5. The topological polar surface area (TPSA) is 32.9 Å². The summed E-state index contributed by atoms with van der Waals surface area (Å²) in [5.74, 6) is 0. The smallest absolute Gasteiger partial charge is 0.360 e. The van der Waals surface area contributed by atoms with Crippen molar-refractivity contribution in [1.82, 2.24) is 4.98 Å². The highest BCUT2D eigenvalue weighted by Gasteiger charge is 2.37. The molecule has 0 saturated heterocycles. The summed E-state index contributed by atoms with van der Waals surface area (Å²) in [7, 11) is 0. The normalized spacial score (nSPS) is 12.2. The molecule has 19 heavy (non-hydrogen) atoms. The van der Waals surface area contributed by atoms with E-state index in [2.05, 4.69) is 4.98 Å². The summed E-state index contributed by atoms with van der Waals surface area (Å²) in [6.07, 6.45) is -0.243. The molecule has 0 aliphatic carbocycles. The number of fused-ring (bicyclic) bond motifs is 1. The molecule has 0 atom stereocenters. The Balaban J connectivity index is 2.55. The second-order valence-electron chi connectivity index (χ2n) is 4.40. The zero-order valence-corrected chi connectivity index (χ0v) is 11.3. The fourth-order valence-electron chi connectivity index (χ4n) is 2.08. The van der Waals surface area contributed by atoms with Crippen LogP contribution in [0.1, 0.15) is 36.6 Å². The van der Waals surface area contributed by atoms with Crippen molar-refractivity contribution in [3.05, 3.63) is 32.9 Å². The number of alkyl halides is 3. The van der Waals surface area contributed by atoms with Gasteiger partial charge in [-0.05, 0) is 12.8 Å². The fourth-order valence-corrected chi connectivity index (χ4v) is 3.32. The third-order valence-electron chi connectivity index (χ3n) is 2.96. The summed E-state index contributed by atoms with van der Waals surface area (Å²) in [6.45, 7) is 2.00. The molecule has 2 rings (SSSR count). The van der Waals surface area contributed by atoms with Gasteiger partial charge >= 0.3 is 6.18 Å². The third kappa shape index (κ3) is 2.83. The first-order valence-electron chi connectivity index (χ1n) is 6.15. The highest BCUT2D eigenvalue weighted by atomic mass is 32.1. The molecule has 0 saturated carbocycles. The number of unbranched alkanes of at least 4 members (excludes halogenated alkanes) is 2. The number of hydrogen-bond donors (Lipinski definition) is 1. The summed E-state index contributed by atoms with van der Waals surface area (Å²) in [5, 5.41) is 0. The predicted octanol–water partition coefficient (Wildman–Crippen LogP) is 4.34. The molecule has 0 radical (unpaired) electrons. The maximum Gasteiger partial charge on any atom is 0.419 e. The molecule has 2 aromatic rings. The largest absolute Gasteiger partial charge is 0.419 e. The number of nitrogens with one attached hydrogen (secondary N) is 1. The quantitative estimate of drug-likeness (QED) is 0.834. The summed E-state index contributed by atoms with van der Waals surface area (Å²) in [6, 6.07) is 1.26. The van der Waals surface area contributed by atoms with Gasteiger partial charge in [0.2, 0.25) is 0 Å². The minimum absolute atomic E-state index is 0.0727. The Morgan fingerprint density at radius 3 is 2.68 bits per heavy atom. The van der Waals surface area contributed by atoms with E-state index < -0.39 is 11.7 Å². The Morgan fingerprint density at radius 2 is 2.05 bits per heavy atom. The first kappa shape index (κ1) is 14.1. The number of rotatable bonds is 4. The van der Waals surface area contributed by atoms with Gasteiger partial charge in [0.15, 0.2) is 5.43 Å². The lowest BCUT2D eigenvalue weighted by molar-refractivity contribution is -0.136. The first-order chi connectivity index (χ1) is 8.95. The highest BCUT2D eigenvalue weighted by molar-refractivity contribution is 7.19. The standard InChI is InChI=1S/C13H14F3NOS/c1-2-3-4-5-9-10(13(14,15)16)11-12(19-9)8(18)6-7-17-11/h6-7H,2-5H2,1H3,(H,17,18). The van der Waals surface area contributed by atoms with E-state index in [1.807, 2.05) is 6.92 Å². The monoisotopic (exact) mass is 289 g/mol. The molecule has 6 heteroatoms. The average molecular weight is 289 g/mol. The number of halogens is 3. The minimum atomic E-state index is -4.43. The Hall–Kier alpha value is -1.30. The van der Waals surface area contributed by atoms with Gasteiger partial charge in [0.25, 0.3) is 0 Å². The molecule has 0 aromatic carbocycles. The molecule has 0 fully saturated rings. The van der Waals surface area contributed by atoms with Crippen molar-refractivity contribution in [2.24, 2.45) is 0 Å². The number of aromatic amines is 1. The molecular formula is C13H14F3NOS. The number of thiophene rings is 1. The zero-order chi connectivity index (χ0) is 14.0. The van der Waals surface area contributed by atoms with E-state index in [-0.39, 0.29) is 20.5 Å². The molecule has 104 valence electrons. The van der Waals surface area contributed by atoms with Crippen LogP contribution in [-0.4, -0.2) is 4.98 Å². The average Bonchev–Trinajstić information content (AvgIpc) is 2.69. The second kappa shape index (κ2) is 5.36. The van der Waals surface area contributed by atoms with E-state index in [9.17, 15) is 18.0 Å². The van der Waals surface area contributed by atoms with Gasteiger partial charge < -0.3 is 4.98 Å². The van der Waals surface area contributed by atoms with Crippen LogP contribution in [0.2, 0.25) is 0 Å². The molecule has 2 aromatic heterocycles. The van der Waals surface area contributed by atoms with Crippen LogP contribution in [0.15, 0.2) is 17.1 Å². The molecule has 0 aliphatic rings. The number of H-pyrrole nitrogens is 1. The lowest BCUT2D eigenvalue weighted by Gasteiger charge is -2.08. The van der Waals surface area contributed by atoms with Gasteiger partial charge in [0, 0.05) is 17.1 Å². The maximum atomic E-state index is 13.1. The first-order valence-corrected chi connectivity index (χ1v) is 6.97. The van der Waals surface area contributed by atoms with Crippen molar-refractivity contribution in [1.29, 1.82) is 0 Å². The van der Waals surface area contributed by atoms with E-state index >= 15 is 0 Å². The van der Waals surface area contributed by atoms with Crippen LogP contribution in [0.3, 0.4) is 0 Å². The summed E-state index contributed by atoms with van der Waals surface area (Å²) < 4.78 is 39.6. The predicted molar refractivity (Wildman–Crippen MR) is 70.7 cm³/mol. The van der Waals surface area contributed by atoms with Crippen LogP contribution in [0, 0.1) is 0 Å². The summed E-state index contributed by atoms with van der Waals surface area (Å²) in [5.41, 5.74) is -1.09. The van der Waals surface area contributed by atoms with Gasteiger partial charge in [-0.2, -0.15) is 13.2 Å². The molecule has 2 heterocycles. The summed E-state index contributed by atoms with van der Waals surface area (Å²) >= 11 is 0.964. The highest BCUT2D eigenvalue weighted by Crippen LogP contribution is 2.40. The van der Waals surface area contributed by atoms with Gasteiger partial charge in [0.05, 0.1) is 15.8 Å². The van der Waals surface area contributed by atoms with Crippen LogP contribution >= 0.6 is 11.3 Å². The van der Waals surface area contributed by atoms with Crippen molar-refractivity contribution in [2.45, 2.75) is 38.8 Å². The lowest BCUT2D eigenvalue weighted by Crippen LogP contribution is -2.08. The van der Waals surface area contributed by atoms with E-state index in [4.69, 9.17) is 0 Å². The molecule has 0 unspecified atom stereocenters. The Bertz CT molecular complexity index is 627. The second-order valence-corrected chi connectivity index (χ2v) is 5.51. The van der Waals surface area contributed by atoms with E-state index in [1.54, 1.807) is 0 Å². The van der Waals surface area contributed by atoms with Crippen LogP contribution in [0.4, 0.5) is 13.2 Å². The number of aryl methyl sites for hydroxylation is 1. The zero-order valence-electron chi connectivity index (χ0n) is 10.4. The Labute approximate surface area is 112 Å². The number of aromatic nitrogens is 1. The molecule has 0 amide bonds. The van der Waals surface area contributed by atoms with Gasteiger partial charge in [-0.15, -0.1) is 11.3 Å². The minimum Gasteiger partial charge on any atom is -0.360 e. The van der Waals surface area contributed by atoms with Crippen LogP contribution in [-0.2, 0) is 12.6 Å². The third-order valence-corrected chi connectivity index (χ3v) is 4.22. The van der Waals surface area contributed by atoms with Crippen LogP contribution < -0.4 is 5.43 Å². The van der Waals surface area contributed by atoms with Crippen LogP contribution in [0.5, 0.6) is 0 Å². The maximum absolute atomic E-state index is 13.1. The van der Waals surface area contributed by atoms with E-state index in [0.29, 0.717) is 12.8 Å². The molecule has 2 nitrogen and oxygen atoms in total. The molecular weight excluding hydrogens is 275 g/mol. The van der Waals surface area contributed by atoms with E-state index in [1.165, 1.54) is 12.3 Å². The number of hydrogen-bond acceptors (Lipinski definition) is 2. The van der Waals surface area contributed by atoms with Crippen molar-refractivity contribution in [3.63, 3.8) is 0 Å². The van der Waals surface area contributed by atoms with Gasteiger partial charge in [0.1, 0.15) is 0 Å². The molecule has 1 N–H and O–H groups in total. The van der Waals surface area contributed by atoms with Crippen molar-refractivity contribution >= 4 is 21.6 Å². The van der Waals surface area contributed by atoms with Crippen molar-refractivity contribution in [2.75, 3.05) is 0 Å². The molecule has 0 spiro atoms. The van der Waals surface area contributed by atoms with Crippen molar-refractivity contribution < 1.29 is 13.2 Å². The SMILES string of the molecule is CCCCCc1sc2c(=O)cc[nH]c2c1C(F)(F)F. The lowest BCUT2D eigenvalue weighted by atomic mass is 10.1. The Kier molecular flexibility index (Phi) is 3.99. The number of pyridine rings is 1. The molecule has 0 aliphatic heterocycles. The van der Waals surface area contributed by atoms with Gasteiger partial charge in [-0.1, -0.05) is 19.8 Å². The van der Waals surface area contributed by atoms with E-state index in [0.717, 1.165) is 24.2 Å². The molecule has 0 bridgehead atoms. The van der Waals surface area contributed by atoms with Gasteiger partial charge in [-0.25, -0.2) is 0 Å². The van der Waals surface area contributed by atoms with Gasteiger partial charge in [-0.3, -0.25) is 4.79 Å². The fraction of sp³-hybridized carbons (Fsp3) is 0.462. The van der Waals surface area contributed by atoms with Crippen molar-refractivity contribution in [3.8, 4) is 0 Å². The Morgan fingerprint density at radius 1 is 1.32 bits per heavy atom.